The summed E-state index contributed by atoms with van der Waals surface area (Å²) in [6.07, 6.45) is 4.98. The van der Waals surface area contributed by atoms with Crippen molar-refractivity contribution in [2.45, 2.75) is 9.07 Å². The number of rotatable bonds is 3. The van der Waals surface area contributed by atoms with Gasteiger partial charge in [-0.05, 0) is 21.0 Å². The highest BCUT2D eigenvalue weighted by atomic mass is 29.3. The molecule has 0 saturated carbocycles. The van der Waals surface area contributed by atoms with Crippen molar-refractivity contribution in [3.05, 3.63) is 66.2 Å². The van der Waals surface area contributed by atoms with E-state index >= 15 is 0 Å². The van der Waals surface area contributed by atoms with Gasteiger partial charge < -0.3 is 0 Å². The summed E-state index contributed by atoms with van der Waals surface area (Å²) in [6, 6.07) is 19.7. The predicted molar refractivity (Wildman–Crippen MR) is 102 cm³/mol. The van der Waals surface area contributed by atoms with Crippen LogP contribution in [0.4, 0.5) is 0 Å². The first kappa shape index (κ1) is 15.0. The highest BCUT2D eigenvalue weighted by Gasteiger charge is 2.40. The van der Waals surface area contributed by atoms with Gasteiger partial charge in [0.1, 0.15) is 0 Å². The van der Waals surface area contributed by atoms with Crippen molar-refractivity contribution < 1.29 is 0 Å². The molecule has 0 N–H and O–H groups in total. The predicted octanol–water partition coefficient (Wildman–Crippen LogP) is 2.14. The van der Waals surface area contributed by atoms with Crippen molar-refractivity contribution in [1.82, 2.24) is 0 Å². The fraction of sp³-hybridized carbons (Fsp3) is 0.125. The summed E-state index contributed by atoms with van der Waals surface area (Å²) in [5.74, 6) is 0. The van der Waals surface area contributed by atoms with E-state index in [1.54, 1.807) is 0 Å². The van der Waals surface area contributed by atoms with Gasteiger partial charge in [-0.2, -0.15) is 0 Å². The number of fused-ring (bicyclic) bond motifs is 3. The van der Waals surface area contributed by atoms with E-state index in [1.807, 2.05) is 0 Å². The summed E-state index contributed by atoms with van der Waals surface area (Å²) in [6.45, 7) is 0. The van der Waals surface area contributed by atoms with Crippen molar-refractivity contribution in [2.75, 3.05) is 0 Å². The number of allylic oxidation sites excluding steroid dienone is 1. The molecule has 0 atom stereocenters. The van der Waals surface area contributed by atoms with Gasteiger partial charge in [-0.3, -0.25) is 0 Å². The quantitative estimate of drug-likeness (QED) is 0.724. The van der Waals surface area contributed by atoms with Crippen molar-refractivity contribution in [1.29, 1.82) is 0 Å². The van der Waals surface area contributed by atoms with Crippen LogP contribution in [0.2, 0.25) is 9.07 Å². The summed E-state index contributed by atoms with van der Waals surface area (Å²) in [4.78, 5) is 1.16. The maximum Gasteiger partial charge on any atom is 0.0261 e. The summed E-state index contributed by atoms with van der Waals surface area (Å²) >= 11 is 0. The van der Waals surface area contributed by atoms with Gasteiger partial charge in [0, 0.05) is 54.2 Å². The molecular formula is C16H12Si6. The Kier molecular flexibility index (Phi) is 4.47. The van der Waals surface area contributed by atoms with Crippen molar-refractivity contribution in [3.63, 3.8) is 0 Å². The van der Waals surface area contributed by atoms with E-state index in [0.29, 0.717) is 4.28 Å². The number of benzene rings is 2. The van der Waals surface area contributed by atoms with Gasteiger partial charge in [-0.15, -0.1) is 0 Å². The zero-order chi connectivity index (χ0) is 14.8. The molecule has 0 nitrogen and oxygen atoms in total. The van der Waals surface area contributed by atoms with E-state index < -0.39 is 0 Å². The minimum absolute atomic E-state index is 0.641. The Morgan fingerprint density at radius 3 is 1.95 bits per heavy atom. The third-order valence-corrected chi connectivity index (χ3v) is 28.8. The van der Waals surface area contributed by atoms with E-state index in [0.717, 1.165) is 4.79 Å². The Labute approximate surface area is 146 Å². The lowest BCUT2D eigenvalue weighted by molar-refractivity contribution is 1.39. The minimum atomic E-state index is 0.641. The zero-order valence-electron chi connectivity index (χ0n) is 11.9. The fourth-order valence-electron chi connectivity index (χ4n) is 2.52. The zero-order valence-corrected chi connectivity index (χ0v) is 17.9. The molecule has 6 heteroatoms. The van der Waals surface area contributed by atoms with Crippen LogP contribution in [0.15, 0.2) is 60.7 Å². The monoisotopic (exact) mass is 372 g/mol. The summed E-state index contributed by atoms with van der Waals surface area (Å²) in [5, 5.41) is 0. The molecule has 0 amide bonds. The lowest BCUT2D eigenvalue weighted by Crippen LogP contribution is -2.56. The highest BCUT2D eigenvalue weighted by molar-refractivity contribution is 7.41. The Morgan fingerprint density at radius 2 is 1.32 bits per heavy atom. The summed E-state index contributed by atoms with van der Waals surface area (Å²) < 4.78 is 0.641. The molecule has 0 spiro atoms. The van der Waals surface area contributed by atoms with E-state index in [2.05, 4.69) is 66.7 Å². The van der Waals surface area contributed by atoms with E-state index in [-0.39, 0.29) is 0 Å². The Hall–Kier alpha value is -0.519. The van der Waals surface area contributed by atoms with Gasteiger partial charge in [0.2, 0.25) is 0 Å². The van der Waals surface area contributed by atoms with Crippen molar-refractivity contribution in [3.8, 4) is 11.1 Å². The Morgan fingerprint density at radius 1 is 0.727 bits per heavy atom. The molecule has 2 aromatic rings. The fourth-order valence-corrected chi connectivity index (χ4v) is 32.2. The second-order valence-electron chi connectivity index (χ2n) is 5.37. The topological polar surface area (TPSA) is 0 Å². The third kappa shape index (κ3) is 3.22. The average Bonchev–Trinajstić information content (AvgIpc) is 2.63. The standard InChI is InChI=1S/C16H12Si6/c1-2-4-13(5-3-1)14-8-6-12(7-9-14)10-11-16-20-17-15(18-21-16)19-22-16/h1-11,15H/b11-10+. The first-order valence-electron chi connectivity index (χ1n) is 7.26. The van der Waals surface area contributed by atoms with E-state index in [9.17, 15) is 0 Å². The molecule has 0 unspecified atom stereocenters. The first-order chi connectivity index (χ1) is 10.8. The minimum Gasteiger partial charge on any atom is -0.0878 e. The van der Waals surface area contributed by atoms with Crippen LogP contribution < -0.4 is 0 Å². The van der Waals surface area contributed by atoms with Crippen LogP contribution in [0.1, 0.15) is 5.56 Å². The molecule has 3 aliphatic heterocycles. The third-order valence-electron chi connectivity index (χ3n) is 3.78. The molecule has 2 bridgehead atoms. The molecule has 0 aromatic heterocycles. The maximum absolute atomic E-state index is 2.59. The number of hydrogen-bond acceptors (Lipinski definition) is 0. The van der Waals surface area contributed by atoms with Gasteiger partial charge in [0.25, 0.3) is 0 Å². The lowest BCUT2D eigenvalue weighted by atomic mass is 10.0. The smallest absolute Gasteiger partial charge is 0.0261 e. The van der Waals surface area contributed by atoms with Crippen LogP contribution in [-0.2, 0) is 0 Å². The molecule has 12 radical (unpaired) electrons. The Balaban J connectivity index is 1.50. The normalized spacial score (nSPS) is 27.4. The van der Waals surface area contributed by atoms with Crippen LogP contribution in [0.5, 0.6) is 0 Å². The second-order valence-corrected chi connectivity index (χ2v) is 19.2. The van der Waals surface area contributed by atoms with Crippen LogP contribution in [0.25, 0.3) is 17.2 Å². The molecular weight excluding hydrogens is 361 g/mol. The van der Waals surface area contributed by atoms with Crippen LogP contribution in [0, 0.1) is 0 Å². The largest absolute Gasteiger partial charge is 0.0878 e. The molecule has 3 fully saturated rings. The average molecular weight is 373 g/mol. The van der Waals surface area contributed by atoms with Gasteiger partial charge in [0.05, 0.1) is 0 Å². The SMILES string of the molecule is C(=C\C12[Si][Si]C([Si][Si]1)[Si][Si]2)/c1ccc(-c2ccccc2)cc1. The molecule has 0 aliphatic carbocycles. The van der Waals surface area contributed by atoms with Gasteiger partial charge in [0.15, 0.2) is 0 Å². The second kappa shape index (κ2) is 6.54. The van der Waals surface area contributed by atoms with Gasteiger partial charge >= 0.3 is 0 Å². The van der Waals surface area contributed by atoms with Gasteiger partial charge in [-0.25, -0.2) is 0 Å². The molecule has 100 valence electrons. The molecule has 3 saturated heterocycles. The van der Waals surface area contributed by atoms with Crippen LogP contribution in [-0.4, -0.2) is 54.2 Å². The van der Waals surface area contributed by atoms with Gasteiger partial charge in [-0.1, -0.05) is 71.5 Å². The Bertz CT molecular complexity index is 645. The maximum atomic E-state index is 2.59. The number of hydrogen-bond donors (Lipinski definition) is 0. The molecule has 3 aliphatic rings. The molecule has 22 heavy (non-hydrogen) atoms. The van der Waals surface area contributed by atoms with Crippen LogP contribution in [0.3, 0.4) is 0 Å². The summed E-state index contributed by atoms with van der Waals surface area (Å²) in [5.41, 5.74) is 3.97. The van der Waals surface area contributed by atoms with Crippen LogP contribution >= 0.6 is 0 Å². The molecule has 5 rings (SSSR count). The molecule has 3 heterocycles. The van der Waals surface area contributed by atoms with Crippen molar-refractivity contribution >= 4 is 60.3 Å². The highest BCUT2D eigenvalue weighted by Crippen LogP contribution is 2.34. The summed E-state index contributed by atoms with van der Waals surface area (Å²) in [7, 11) is 7.48. The first-order valence-corrected chi connectivity index (χ1v) is 16.5. The van der Waals surface area contributed by atoms with E-state index in [4.69, 9.17) is 0 Å². The molecule has 2 aromatic carbocycles. The lowest BCUT2D eigenvalue weighted by Gasteiger charge is -2.42. The van der Waals surface area contributed by atoms with E-state index in [1.165, 1.54) is 70.9 Å². The van der Waals surface area contributed by atoms with Crippen molar-refractivity contribution in [2.24, 2.45) is 0 Å².